The van der Waals surface area contributed by atoms with Crippen LogP contribution in [0.25, 0.3) is 0 Å². The largest absolute Gasteiger partial charge is 0.378 e. The molecule has 0 saturated heterocycles. The topological polar surface area (TPSA) is 72.2 Å². The van der Waals surface area contributed by atoms with E-state index in [2.05, 4.69) is 5.32 Å². The molecule has 1 N–H and O–H groups in total. The number of nitrogens with zero attached hydrogens (tertiary/aromatic N) is 1. The standard InChI is InChI=1S/C14H10ClFN2O3/c15-12-7-11(5-6-13(12)18(20)21)17-8-14(19)9-1-3-10(16)4-2-9/h1-7,17H,8H2. The average Bonchev–Trinajstić information content (AvgIpc) is 2.45. The van der Waals surface area contributed by atoms with Gasteiger partial charge in [0.05, 0.1) is 11.5 Å². The Morgan fingerprint density at radius 1 is 1.24 bits per heavy atom. The lowest BCUT2D eigenvalue weighted by Crippen LogP contribution is -2.14. The first-order valence-electron chi connectivity index (χ1n) is 5.94. The van der Waals surface area contributed by atoms with Crippen molar-refractivity contribution in [1.82, 2.24) is 0 Å². The Hall–Kier alpha value is -2.47. The third kappa shape index (κ3) is 3.76. The predicted octanol–water partition coefficient (Wildman–Crippen LogP) is 3.68. The number of ketones is 1. The minimum Gasteiger partial charge on any atom is -0.378 e. The summed E-state index contributed by atoms with van der Waals surface area (Å²) in [7, 11) is 0. The molecule has 2 aromatic carbocycles. The van der Waals surface area contributed by atoms with E-state index in [-0.39, 0.29) is 23.0 Å². The highest BCUT2D eigenvalue weighted by atomic mass is 35.5. The number of benzene rings is 2. The number of rotatable bonds is 5. The van der Waals surface area contributed by atoms with Crippen molar-refractivity contribution in [3.63, 3.8) is 0 Å². The SMILES string of the molecule is O=C(CNc1ccc([N+](=O)[O-])c(Cl)c1)c1ccc(F)cc1. The molecule has 7 heteroatoms. The van der Waals surface area contributed by atoms with Crippen molar-refractivity contribution in [2.45, 2.75) is 0 Å². The Kier molecular flexibility index (Phi) is 4.49. The monoisotopic (exact) mass is 308 g/mol. The summed E-state index contributed by atoms with van der Waals surface area (Å²) >= 11 is 5.77. The van der Waals surface area contributed by atoms with Gasteiger partial charge < -0.3 is 5.32 Å². The quantitative estimate of drug-likeness (QED) is 0.519. The van der Waals surface area contributed by atoms with Crippen LogP contribution in [0.15, 0.2) is 42.5 Å². The lowest BCUT2D eigenvalue weighted by molar-refractivity contribution is -0.384. The zero-order valence-corrected chi connectivity index (χ0v) is 11.4. The van der Waals surface area contributed by atoms with Crippen LogP contribution in [0.1, 0.15) is 10.4 Å². The molecule has 0 heterocycles. The van der Waals surface area contributed by atoms with E-state index >= 15 is 0 Å². The van der Waals surface area contributed by atoms with E-state index in [1.165, 1.54) is 42.5 Å². The van der Waals surface area contributed by atoms with Crippen LogP contribution in [0.5, 0.6) is 0 Å². The van der Waals surface area contributed by atoms with Gasteiger partial charge >= 0.3 is 0 Å². The van der Waals surface area contributed by atoms with Gasteiger partial charge in [0.25, 0.3) is 5.69 Å². The number of nitro benzene ring substituents is 1. The Bertz CT molecular complexity index is 689. The summed E-state index contributed by atoms with van der Waals surface area (Å²) in [6.07, 6.45) is 0. The van der Waals surface area contributed by atoms with Crippen molar-refractivity contribution < 1.29 is 14.1 Å². The van der Waals surface area contributed by atoms with E-state index in [4.69, 9.17) is 11.6 Å². The van der Waals surface area contributed by atoms with Gasteiger partial charge in [0, 0.05) is 17.3 Å². The first-order valence-corrected chi connectivity index (χ1v) is 6.32. The lowest BCUT2D eigenvalue weighted by atomic mass is 10.1. The second-order valence-corrected chi connectivity index (χ2v) is 4.61. The number of carbonyl (C=O) groups excluding carboxylic acids is 1. The first kappa shape index (κ1) is 14.9. The third-order valence-electron chi connectivity index (χ3n) is 2.76. The van der Waals surface area contributed by atoms with E-state index in [1.807, 2.05) is 0 Å². The molecular formula is C14H10ClFN2O3. The van der Waals surface area contributed by atoms with E-state index < -0.39 is 10.7 Å². The smallest absolute Gasteiger partial charge is 0.288 e. The van der Waals surface area contributed by atoms with Crippen LogP contribution < -0.4 is 5.32 Å². The molecule has 2 rings (SSSR count). The highest BCUT2D eigenvalue weighted by molar-refractivity contribution is 6.32. The van der Waals surface area contributed by atoms with Crippen molar-refractivity contribution >= 4 is 28.8 Å². The average molecular weight is 309 g/mol. The van der Waals surface area contributed by atoms with Crippen LogP contribution in [0, 0.1) is 15.9 Å². The number of carbonyl (C=O) groups is 1. The first-order chi connectivity index (χ1) is 9.97. The van der Waals surface area contributed by atoms with Crippen LogP contribution in [-0.4, -0.2) is 17.3 Å². The van der Waals surface area contributed by atoms with Gasteiger partial charge in [0.2, 0.25) is 0 Å². The maximum Gasteiger partial charge on any atom is 0.288 e. The van der Waals surface area contributed by atoms with Crippen molar-refractivity contribution in [2.24, 2.45) is 0 Å². The van der Waals surface area contributed by atoms with Gasteiger partial charge in [-0.1, -0.05) is 11.6 Å². The van der Waals surface area contributed by atoms with Gasteiger partial charge in [-0.3, -0.25) is 14.9 Å². The molecule has 0 aliphatic heterocycles. The van der Waals surface area contributed by atoms with E-state index in [9.17, 15) is 19.3 Å². The molecule has 0 spiro atoms. The van der Waals surface area contributed by atoms with Crippen LogP contribution in [-0.2, 0) is 0 Å². The fourth-order valence-electron chi connectivity index (χ4n) is 1.69. The molecule has 0 atom stereocenters. The number of anilines is 1. The van der Waals surface area contributed by atoms with Crippen LogP contribution in [0.2, 0.25) is 5.02 Å². The molecule has 0 aromatic heterocycles. The lowest BCUT2D eigenvalue weighted by Gasteiger charge is -2.06. The zero-order chi connectivity index (χ0) is 15.4. The molecule has 0 fully saturated rings. The molecule has 2 aromatic rings. The fourth-order valence-corrected chi connectivity index (χ4v) is 1.93. The number of nitrogens with one attached hydrogen (secondary N) is 1. The van der Waals surface area contributed by atoms with Gasteiger partial charge in [-0.2, -0.15) is 0 Å². The Morgan fingerprint density at radius 3 is 2.48 bits per heavy atom. The molecule has 0 aliphatic rings. The minimum atomic E-state index is -0.588. The summed E-state index contributed by atoms with van der Waals surface area (Å²) in [4.78, 5) is 21.9. The molecule has 0 saturated carbocycles. The number of nitro groups is 1. The summed E-state index contributed by atoms with van der Waals surface area (Å²) in [6.45, 7) is -0.0280. The second kappa shape index (κ2) is 6.32. The maximum absolute atomic E-state index is 12.8. The second-order valence-electron chi connectivity index (χ2n) is 4.21. The third-order valence-corrected chi connectivity index (χ3v) is 3.07. The molecule has 0 bridgehead atoms. The Morgan fingerprint density at radius 2 is 1.90 bits per heavy atom. The highest BCUT2D eigenvalue weighted by Gasteiger charge is 2.12. The van der Waals surface area contributed by atoms with E-state index in [0.29, 0.717) is 11.3 Å². The Labute approximate surface area is 124 Å². The van der Waals surface area contributed by atoms with Gasteiger partial charge in [-0.25, -0.2) is 4.39 Å². The van der Waals surface area contributed by atoms with Gasteiger partial charge in [0.1, 0.15) is 10.8 Å². The fraction of sp³-hybridized carbons (Fsp3) is 0.0714. The van der Waals surface area contributed by atoms with Crippen molar-refractivity contribution in [2.75, 3.05) is 11.9 Å². The van der Waals surface area contributed by atoms with Crippen molar-refractivity contribution in [3.05, 3.63) is 69.0 Å². The van der Waals surface area contributed by atoms with Crippen molar-refractivity contribution in [3.8, 4) is 0 Å². The molecule has 0 amide bonds. The number of hydrogen-bond donors (Lipinski definition) is 1. The molecule has 0 aliphatic carbocycles. The van der Waals surface area contributed by atoms with Crippen molar-refractivity contribution in [1.29, 1.82) is 0 Å². The molecule has 5 nitrogen and oxygen atoms in total. The number of hydrogen-bond acceptors (Lipinski definition) is 4. The van der Waals surface area contributed by atoms with E-state index in [0.717, 1.165) is 0 Å². The maximum atomic E-state index is 12.8. The predicted molar refractivity (Wildman–Crippen MR) is 77.3 cm³/mol. The van der Waals surface area contributed by atoms with Crippen LogP contribution in [0.3, 0.4) is 0 Å². The van der Waals surface area contributed by atoms with Gasteiger partial charge in [0.15, 0.2) is 5.78 Å². The number of halogens is 2. The van der Waals surface area contributed by atoms with Crippen LogP contribution >= 0.6 is 11.6 Å². The zero-order valence-electron chi connectivity index (χ0n) is 10.7. The summed E-state index contributed by atoms with van der Waals surface area (Å²) in [5, 5.41) is 13.4. The highest BCUT2D eigenvalue weighted by Crippen LogP contribution is 2.27. The van der Waals surface area contributed by atoms with Crippen LogP contribution in [0.4, 0.5) is 15.8 Å². The summed E-state index contributed by atoms with van der Waals surface area (Å²) < 4.78 is 12.8. The van der Waals surface area contributed by atoms with Gasteiger partial charge in [-0.15, -0.1) is 0 Å². The summed E-state index contributed by atoms with van der Waals surface area (Å²) in [5.41, 5.74) is 0.657. The normalized spacial score (nSPS) is 10.2. The minimum absolute atomic E-state index is 0.0146. The molecule has 0 radical (unpaired) electrons. The molecule has 0 unspecified atom stereocenters. The molecule has 21 heavy (non-hydrogen) atoms. The molecular weight excluding hydrogens is 299 g/mol. The molecule has 108 valence electrons. The number of Topliss-reactive ketones (excluding diaryl/α,β-unsaturated/α-hetero) is 1. The van der Waals surface area contributed by atoms with Gasteiger partial charge in [-0.05, 0) is 36.4 Å². The summed E-state index contributed by atoms with van der Waals surface area (Å²) in [6, 6.07) is 9.28. The van der Waals surface area contributed by atoms with E-state index in [1.54, 1.807) is 0 Å². The Balaban J connectivity index is 2.03. The summed E-state index contributed by atoms with van der Waals surface area (Å²) in [5.74, 6) is -0.647.